The number of ether oxygens (including phenoxy) is 2. The Hall–Kier alpha value is -2.66. The summed E-state index contributed by atoms with van der Waals surface area (Å²) < 4.78 is 12.4. The van der Waals surface area contributed by atoms with Gasteiger partial charge in [0.15, 0.2) is 0 Å². The van der Waals surface area contributed by atoms with Crippen LogP contribution in [0, 0.1) is 0 Å². The molecule has 0 amide bonds. The van der Waals surface area contributed by atoms with Crippen LogP contribution in [0.5, 0.6) is 0 Å². The summed E-state index contributed by atoms with van der Waals surface area (Å²) in [5.74, 6) is -0.369. The lowest BCUT2D eigenvalue weighted by Crippen LogP contribution is -2.43. The number of hydrogen-bond acceptors (Lipinski definition) is 4. The van der Waals surface area contributed by atoms with Crippen LogP contribution in [0.4, 0.5) is 0 Å². The first-order valence-electron chi connectivity index (χ1n) is 11.9. The summed E-state index contributed by atoms with van der Waals surface area (Å²) in [6, 6.07) is 29.7. The highest BCUT2D eigenvalue weighted by molar-refractivity contribution is 5.86. The third-order valence-corrected chi connectivity index (χ3v) is 5.95. The molecule has 182 valence electrons. The van der Waals surface area contributed by atoms with Gasteiger partial charge in [0.1, 0.15) is 6.61 Å². The molecule has 4 nitrogen and oxygen atoms in total. The molecule has 0 saturated heterocycles. The van der Waals surface area contributed by atoms with Gasteiger partial charge in [-0.3, -0.25) is 0 Å². The molecule has 0 unspecified atom stereocenters. The van der Waals surface area contributed by atoms with E-state index in [9.17, 15) is 4.79 Å². The van der Waals surface area contributed by atoms with E-state index in [4.69, 9.17) is 9.47 Å². The molecular weight excluding hydrogens is 446 g/mol. The van der Waals surface area contributed by atoms with Gasteiger partial charge in [0.2, 0.25) is 5.60 Å². The molecule has 34 heavy (non-hydrogen) atoms. The zero-order chi connectivity index (χ0) is 23.4. The van der Waals surface area contributed by atoms with Crippen LogP contribution in [0.1, 0.15) is 37.0 Å². The smallest absolute Gasteiger partial charge is 0.347 e. The first-order valence-corrected chi connectivity index (χ1v) is 11.9. The van der Waals surface area contributed by atoms with Gasteiger partial charge in [-0.15, -0.1) is 12.4 Å². The van der Waals surface area contributed by atoms with Gasteiger partial charge in [0.05, 0.1) is 0 Å². The summed E-state index contributed by atoms with van der Waals surface area (Å²) >= 11 is 0. The average Bonchev–Trinajstić information content (AvgIpc) is 2.88. The topological polar surface area (TPSA) is 38.8 Å². The third-order valence-electron chi connectivity index (χ3n) is 5.95. The Balaban J connectivity index is 0.00000408. The number of halogens is 1. The minimum absolute atomic E-state index is 0. The Bertz CT molecular complexity index is 907. The van der Waals surface area contributed by atoms with Gasteiger partial charge in [0.25, 0.3) is 0 Å². The van der Waals surface area contributed by atoms with Crippen molar-refractivity contribution in [3.05, 3.63) is 108 Å². The molecule has 3 aromatic carbocycles. The molecule has 0 heterocycles. The molecular formula is C29H36ClNO3. The van der Waals surface area contributed by atoms with Crippen LogP contribution in [-0.4, -0.2) is 43.7 Å². The average molecular weight is 482 g/mol. The maximum Gasteiger partial charge on any atom is 0.347 e. The quantitative estimate of drug-likeness (QED) is 0.225. The molecule has 0 radical (unpaired) electrons. The maximum absolute atomic E-state index is 13.7. The summed E-state index contributed by atoms with van der Waals surface area (Å²) in [7, 11) is 0. The molecule has 0 aromatic heterocycles. The van der Waals surface area contributed by atoms with E-state index in [2.05, 4.69) is 30.9 Å². The van der Waals surface area contributed by atoms with E-state index in [-0.39, 0.29) is 18.4 Å². The van der Waals surface area contributed by atoms with Gasteiger partial charge in [-0.2, -0.15) is 0 Å². The zero-order valence-corrected chi connectivity index (χ0v) is 21.0. The van der Waals surface area contributed by atoms with Crippen molar-refractivity contribution in [3.63, 3.8) is 0 Å². The molecule has 0 spiro atoms. The fourth-order valence-electron chi connectivity index (χ4n) is 4.03. The number of likely N-dealkylation sites (N-methyl/N-ethyl adjacent to an activating group) is 1. The number of carbonyl (C=O) groups excluding carboxylic acids is 1. The van der Waals surface area contributed by atoms with E-state index in [0.29, 0.717) is 19.8 Å². The Labute approximate surface area is 210 Å². The normalized spacial score (nSPS) is 11.1. The highest BCUT2D eigenvalue weighted by Gasteiger charge is 2.45. The van der Waals surface area contributed by atoms with Crippen molar-refractivity contribution < 1.29 is 14.3 Å². The van der Waals surface area contributed by atoms with Crippen molar-refractivity contribution in [2.75, 3.05) is 32.8 Å². The lowest BCUT2D eigenvalue weighted by atomic mass is 9.86. The van der Waals surface area contributed by atoms with Gasteiger partial charge in [0, 0.05) is 13.2 Å². The Morgan fingerprint density at radius 1 is 0.765 bits per heavy atom. The fourth-order valence-corrected chi connectivity index (χ4v) is 4.03. The van der Waals surface area contributed by atoms with Crippen LogP contribution in [-0.2, 0) is 26.3 Å². The summed E-state index contributed by atoms with van der Waals surface area (Å²) in [4.78, 5) is 16.0. The largest absolute Gasteiger partial charge is 0.462 e. The predicted octanol–water partition coefficient (Wildman–Crippen LogP) is 5.89. The first-order chi connectivity index (χ1) is 16.2. The second-order valence-corrected chi connectivity index (χ2v) is 8.01. The minimum atomic E-state index is -1.30. The molecule has 5 heteroatoms. The van der Waals surface area contributed by atoms with Crippen molar-refractivity contribution in [1.82, 2.24) is 4.90 Å². The fraction of sp³-hybridized carbons (Fsp3) is 0.345. The molecule has 0 N–H and O–H groups in total. The van der Waals surface area contributed by atoms with Crippen molar-refractivity contribution in [3.8, 4) is 0 Å². The number of nitrogens with zero attached hydrogens (tertiary/aromatic N) is 1. The second kappa shape index (κ2) is 14.6. The number of esters is 1. The van der Waals surface area contributed by atoms with E-state index in [1.807, 2.05) is 78.9 Å². The van der Waals surface area contributed by atoms with E-state index in [0.717, 1.165) is 37.1 Å². The van der Waals surface area contributed by atoms with Crippen LogP contribution < -0.4 is 0 Å². The lowest BCUT2D eigenvalue weighted by Gasteiger charge is -2.33. The maximum atomic E-state index is 13.7. The summed E-state index contributed by atoms with van der Waals surface area (Å²) in [5, 5.41) is 0. The highest BCUT2D eigenvalue weighted by Crippen LogP contribution is 2.35. The number of carbonyl (C=O) groups is 1. The van der Waals surface area contributed by atoms with Gasteiger partial charge >= 0.3 is 5.97 Å². The van der Waals surface area contributed by atoms with Gasteiger partial charge < -0.3 is 14.4 Å². The van der Waals surface area contributed by atoms with Crippen LogP contribution >= 0.6 is 12.4 Å². The summed E-state index contributed by atoms with van der Waals surface area (Å²) in [6.45, 7) is 7.53. The van der Waals surface area contributed by atoms with Crippen LogP contribution in [0.25, 0.3) is 0 Å². The van der Waals surface area contributed by atoms with Crippen LogP contribution in [0.2, 0.25) is 0 Å². The SMILES string of the molecule is CCN(CC)CCOC(=O)C(OCCCc1ccccc1)(c1ccccc1)c1ccccc1.Cl. The number of hydrogen-bond donors (Lipinski definition) is 0. The Kier molecular flexibility index (Phi) is 11.8. The van der Waals surface area contributed by atoms with Crippen molar-refractivity contribution >= 4 is 18.4 Å². The number of benzene rings is 3. The van der Waals surface area contributed by atoms with Crippen LogP contribution in [0.15, 0.2) is 91.0 Å². The van der Waals surface area contributed by atoms with Gasteiger partial charge in [-0.25, -0.2) is 4.79 Å². The summed E-state index contributed by atoms with van der Waals surface area (Å²) in [6.07, 6.45) is 1.69. The Morgan fingerprint density at radius 2 is 1.26 bits per heavy atom. The number of rotatable bonds is 13. The third kappa shape index (κ3) is 7.17. The molecule has 3 aromatic rings. The van der Waals surface area contributed by atoms with E-state index in [1.165, 1.54) is 5.56 Å². The second-order valence-electron chi connectivity index (χ2n) is 8.01. The molecule has 0 fully saturated rings. The van der Waals surface area contributed by atoms with Crippen molar-refractivity contribution in [1.29, 1.82) is 0 Å². The molecule has 0 bridgehead atoms. The molecule has 3 rings (SSSR count). The Morgan fingerprint density at radius 3 is 1.76 bits per heavy atom. The van der Waals surface area contributed by atoms with Crippen molar-refractivity contribution in [2.45, 2.75) is 32.3 Å². The van der Waals surface area contributed by atoms with E-state index >= 15 is 0 Å². The first kappa shape index (κ1) is 27.6. The van der Waals surface area contributed by atoms with E-state index < -0.39 is 5.60 Å². The molecule has 0 aliphatic heterocycles. The minimum Gasteiger partial charge on any atom is -0.462 e. The predicted molar refractivity (Wildman–Crippen MR) is 140 cm³/mol. The number of aryl methyl sites for hydroxylation is 1. The van der Waals surface area contributed by atoms with Gasteiger partial charge in [-0.1, -0.05) is 105 Å². The standard InChI is InChI=1S/C29H35NO3.ClH/c1-3-30(4-2)22-24-32-28(31)29(26-18-10-6-11-19-26,27-20-12-7-13-21-27)33-23-14-17-25-15-8-5-9-16-25;/h5-13,15-16,18-21H,3-4,14,17,22-24H2,1-2H3;1H. The zero-order valence-electron chi connectivity index (χ0n) is 20.2. The molecule has 0 aliphatic carbocycles. The summed E-state index contributed by atoms with van der Waals surface area (Å²) in [5.41, 5.74) is 1.52. The van der Waals surface area contributed by atoms with Gasteiger partial charge in [-0.05, 0) is 42.6 Å². The highest BCUT2D eigenvalue weighted by atomic mass is 35.5. The molecule has 0 saturated carbocycles. The van der Waals surface area contributed by atoms with Crippen molar-refractivity contribution in [2.24, 2.45) is 0 Å². The van der Waals surface area contributed by atoms with Crippen LogP contribution in [0.3, 0.4) is 0 Å². The molecule has 0 aliphatic rings. The lowest BCUT2D eigenvalue weighted by molar-refractivity contribution is -0.169. The molecule has 0 atom stereocenters. The van der Waals surface area contributed by atoms with E-state index in [1.54, 1.807) is 0 Å². The monoisotopic (exact) mass is 481 g/mol.